The maximum Gasteiger partial charge on any atom is 0.404 e. The Morgan fingerprint density at radius 1 is 1.15 bits per heavy atom. The fraction of sp³-hybridized carbons (Fsp3) is 0.643. The first-order valence-corrected chi connectivity index (χ1v) is 16.5. The van der Waals surface area contributed by atoms with E-state index in [1.165, 1.54) is 23.5 Å². The Balaban J connectivity index is 1.20. The van der Waals surface area contributed by atoms with Crippen LogP contribution in [0.25, 0.3) is 0 Å². The minimum Gasteiger partial charge on any atom is -0.302 e. The van der Waals surface area contributed by atoms with Crippen molar-refractivity contribution in [3.8, 4) is 0 Å². The number of hydrogen-bond acceptors (Lipinski definition) is 7. The van der Waals surface area contributed by atoms with Gasteiger partial charge in [0, 0.05) is 30.6 Å². The normalized spacial score (nSPS) is 24.4. The number of carbonyl (C=O) groups excluding carboxylic acids is 1. The molecule has 3 aliphatic rings. The van der Waals surface area contributed by atoms with Gasteiger partial charge < -0.3 is 5.32 Å². The molecule has 1 N–H and O–H groups in total. The van der Waals surface area contributed by atoms with Crippen molar-refractivity contribution in [1.29, 1.82) is 0 Å². The van der Waals surface area contributed by atoms with Crippen LogP contribution in [-0.4, -0.2) is 66.2 Å². The summed E-state index contributed by atoms with van der Waals surface area (Å²) in [6, 6.07) is 5.19. The highest BCUT2D eigenvalue weighted by Gasteiger charge is 2.50. The van der Waals surface area contributed by atoms with Gasteiger partial charge in [-0.3, -0.25) is 14.6 Å². The second kappa shape index (κ2) is 11.3. The van der Waals surface area contributed by atoms with Gasteiger partial charge in [-0.25, -0.2) is 13.4 Å². The molecule has 1 aliphatic carbocycles. The van der Waals surface area contributed by atoms with Gasteiger partial charge in [-0.05, 0) is 55.2 Å². The van der Waals surface area contributed by atoms with Crippen LogP contribution in [0.1, 0.15) is 68.6 Å². The van der Waals surface area contributed by atoms with Crippen LogP contribution in [0.3, 0.4) is 0 Å². The van der Waals surface area contributed by atoms with E-state index in [9.17, 15) is 26.4 Å². The Kier molecular flexibility index (Phi) is 8.35. The molecule has 1 saturated carbocycles. The number of benzene rings is 1. The van der Waals surface area contributed by atoms with Gasteiger partial charge >= 0.3 is 6.18 Å². The number of anilines is 1. The first kappa shape index (κ1) is 29.5. The standard InChI is InChI=1S/C28H37F3N4O3S2/c1-4-40(37,38)21-10-5-18(6-11-21)13-24(36)32-27-33-25-22(39-27)16-34(26(25)17(2)3)14-19-7-12-23(28(29,30)31)35(15-19)20-8-9-20/h5-6,10-11,17,19-20,23,26H,4,7-9,12-16H2,1-3H3,(H,32,33,36)/t19-,23?,26-/m0/s1. The number of sulfone groups is 1. The topological polar surface area (TPSA) is 82.6 Å². The maximum absolute atomic E-state index is 13.6. The number of piperidine rings is 1. The predicted octanol–water partition coefficient (Wildman–Crippen LogP) is 5.44. The van der Waals surface area contributed by atoms with E-state index >= 15 is 0 Å². The second-order valence-corrected chi connectivity index (χ2v) is 15.0. The van der Waals surface area contributed by atoms with E-state index in [1.54, 1.807) is 24.0 Å². The molecule has 3 atom stereocenters. The number of amides is 1. The minimum absolute atomic E-state index is 0.0223. The van der Waals surface area contributed by atoms with Crippen LogP contribution >= 0.6 is 11.3 Å². The van der Waals surface area contributed by atoms with Crippen LogP contribution in [0.15, 0.2) is 29.2 Å². The van der Waals surface area contributed by atoms with Crippen molar-refractivity contribution in [2.24, 2.45) is 11.8 Å². The molecule has 3 heterocycles. The molecule has 1 unspecified atom stereocenters. The summed E-state index contributed by atoms with van der Waals surface area (Å²) in [5.74, 6) is 0.246. The van der Waals surface area contributed by atoms with Crippen molar-refractivity contribution in [2.75, 3.05) is 24.2 Å². The number of aromatic nitrogens is 1. The van der Waals surface area contributed by atoms with Crippen molar-refractivity contribution in [3.63, 3.8) is 0 Å². The molecule has 12 heteroatoms. The molecule has 40 heavy (non-hydrogen) atoms. The van der Waals surface area contributed by atoms with Gasteiger partial charge in [0.05, 0.1) is 28.8 Å². The van der Waals surface area contributed by atoms with E-state index in [1.807, 2.05) is 0 Å². The number of fused-ring (bicyclic) bond motifs is 1. The molecule has 0 spiro atoms. The van der Waals surface area contributed by atoms with Gasteiger partial charge in [0.15, 0.2) is 15.0 Å². The number of alkyl halides is 3. The average Bonchev–Trinajstić information content (AvgIpc) is 3.58. The van der Waals surface area contributed by atoms with Crippen LogP contribution in [0, 0.1) is 11.8 Å². The summed E-state index contributed by atoms with van der Waals surface area (Å²) in [6.45, 7) is 7.76. The molecule has 2 aliphatic heterocycles. The van der Waals surface area contributed by atoms with Crippen molar-refractivity contribution in [2.45, 2.75) is 88.6 Å². The lowest BCUT2D eigenvalue weighted by Crippen LogP contribution is -2.53. The summed E-state index contributed by atoms with van der Waals surface area (Å²) in [5, 5.41) is 3.43. The Morgan fingerprint density at radius 2 is 1.85 bits per heavy atom. The zero-order chi connectivity index (χ0) is 28.8. The lowest BCUT2D eigenvalue weighted by atomic mass is 9.90. The Hall–Kier alpha value is -2.02. The Bertz CT molecular complexity index is 1320. The monoisotopic (exact) mass is 598 g/mol. The molecule has 5 rings (SSSR count). The van der Waals surface area contributed by atoms with Gasteiger partial charge in [0.25, 0.3) is 0 Å². The molecule has 220 valence electrons. The number of thiazole rings is 1. The van der Waals surface area contributed by atoms with E-state index in [0.29, 0.717) is 30.2 Å². The van der Waals surface area contributed by atoms with Gasteiger partial charge in [0.1, 0.15) is 6.04 Å². The van der Waals surface area contributed by atoms with E-state index in [-0.39, 0.29) is 53.3 Å². The number of rotatable bonds is 9. The highest BCUT2D eigenvalue weighted by molar-refractivity contribution is 7.91. The van der Waals surface area contributed by atoms with E-state index < -0.39 is 22.1 Å². The molecule has 2 aromatic rings. The highest BCUT2D eigenvalue weighted by Crippen LogP contribution is 2.45. The number of carbonyl (C=O) groups is 1. The summed E-state index contributed by atoms with van der Waals surface area (Å²) < 4.78 is 64.9. The van der Waals surface area contributed by atoms with Crippen LogP contribution < -0.4 is 5.32 Å². The molecule has 7 nitrogen and oxygen atoms in total. The zero-order valence-electron chi connectivity index (χ0n) is 23.1. The van der Waals surface area contributed by atoms with Crippen LogP contribution in [0.2, 0.25) is 0 Å². The fourth-order valence-electron chi connectivity index (χ4n) is 6.18. The number of nitrogens with one attached hydrogen (secondary N) is 1. The van der Waals surface area contributed by atoms with E-state index in [4.69, 9.17) is 4.98 Å². The maximum atomic E-state index is 13.6. The Morgan fingerprint density at radius 3 is 2.45 bits per heavy atom. The van der Waals surface area contributed by atoms with Crippen LogP contribution in [0.5, 0.6) is 0 Å². The molecule has 1 saturated heterocycles. The van der Waals surface area contributed by atoms with E-state index in [0.717, 1.165) is 30.0 Å². The summed E-state index contributed by atoms with van der Waals surface area (Å²) in [7, 11) is -3.29. The van der Waals surface area contributed by atoms with E-state index in [2.05, 4.69) is 24.1 Å². The number of halogens is 3. The lowest BCUT2D eigenvalue weighted by Gasteiger charge is -2.42. The molecule has 0 bridgehead atoms. The van der Waals surface area contributed by atoms with Gasteiger partial charge in [-0.1, -0.05) is 32.9 Å². The predicted molar refractivity (Wildman–Crippen MR) is 149 cm³/mol. The van der Waals surface area contributed by atoms with Crippen molar-refractivity contribution >= 4 is 32.2 Å². The number of likely N-dealkylation sites (tertiary alicyclic amines) is 1. The van der Waals surface area contributed by atoms with Crippen LogP contribution in [0.4, 0.5) is 18.3 Å². The Labute approximate surface area is 238 Å². The largest absolute Gasteiger partial charge is 0.404 e. The number of nitrogens with zero attached hydrogens (tertiary/aromatic N) is 3. The third-order valence-electron chi connectivity index (χ3n) is 8.26. The lowest BCUT2D eigenvalue weighted by molar-refractivity contribution is -0.197. The molecule has 2 fully saturated rings. The van der Waals surface area contributed by atoms with Crippen LogP contribution in [-0.2, 0) is 27.6 Å². The first-order chi connectivity index (χ1) is 18.9. The average molecular weight is 599 g/mol. The molecular weight excluding hydrogens is 561 g/mol. The molecular formula is C28H37F3N4O3S2. The number of hydrogen-bond donors (Lipinski definition) is 1. The molecule has 1 amide bonds. The molecule has 1 aromatic carbocycles. The first-order valence-electron chi connectivity index (χ1n) is 14.0. The summed E-state index contributed by atoms with van der Waals surface area (Å²) in [5.41, 5.74) is 1.66. The summed E-state index contributed by atoms with van der Waals surface area (Å²) in [6.07, 6.45) is -1.61. The summed E-state index contributed by atoms with van der Waals surface area (Å²) in [4.78, 5) is 22.9. The fourth-order valence-corrected chi connectivity index (χ4v) is 8.11. The highest BCUT2D eigenvalue weighted by atomic mass is 32.2. The minimum atomic E-state index is -4.17. The zero-order valence-corrected chi connectivity index (χ0v) is 24.7. The molecule has 1 aromatic heterocycles. The molecule has 0 radical (unpaired) electrons. The third-order valence-corrected chi connectivity index (χ3v) is 11.0. The third kappa shape index (κ3) is 6.39. The smallest absolute Gasteiger partial charge is 0.302 e. The van der Waals surface area contributed by atoms with Crippen molar-refractivity contribution in [3.05, 3.63) is 40.4 Å². The summed E-state index contributed by atoms with van der Waals surface area (Å²) >= 11 is 1.45. The van der Waals surface area contributed by atoms with Gasteiger partial charge in [0.2, 0.25) is 5.91 Å². The van der Waals surface area contributed by atoms with Crippen molar-refractivity contribution in [1.82, 2.24) is 14.8 Å². The SMILES string of the molecule is CCS(=O)(=O)c1ccc(CC(=O)Nc2nc3c(s2)CN(C[C@@H]2CCC(C(F)(F)F)N(C4CC4)C2)[C@H]3C(C)C)cc1. The quantitative estimate of drug-likeness (QED) is 0.414. The van der Waals surface area contributed by atoms with Gasteiger partial charge in [-0.2, -0.15) is 13.2 Å². The van der Waals surface area contributed by atoms with Gasteiger partial charge in [-0.15, -0.1) is 11.3 Å². The second-order valence-electron chi connectivity index (χ2n) is 11.6. The van der Waals surface area contributed by atoms with Crippen molar-refractivity contribution < 1.29 is 26.4 Å².